The number of carbonyl (C=O) groups is 1. The van der Waals surface area contributed by atoms with Gasteiger partial charge in [0.1, 0.15) is 0 Å². The number of carbonyl (C=O) groups excluding carboxylic acids is 1. The molecule has 1 amide bonds. The Balaban J connectivity index is 1.80. The molecule has 2 unspecified atom stereocenters. The van der Waals surface area contributed by atoms with Crippen molar-refractivity contribution in [3.63, 3.8) is 0 Å². The maximum absolute atomic E-state index is 11.8. The summed E-state index contributed by atoms with van der Waals surface area (Å²) < 4.78 is 5.61. The van der Waals surface area contributed by atoms with Crippen LogP contribution in [0.15, 0.2) is 0 Å². The SMILES string of the molecule is CC(C)CC1NCC(=O)N1CCC1CCCO1. The molecule has 2 saturated heterocycles. The highest BCUT2D eigenvalue weighted by Crippen LogP contribution is 2.19. The topological polar surface area (TPSA) is 41.6 Å². The van der Waals surface area contributed by atoms with Crippen molar-refractivity contribution in [2.75, 3.05) is 19.7 Å². The summed E-state index contributed by atoms with van der Waals surface area (Å²) in [6.45, 7) is 6.63. The van der Waals surface area contributed by atoms with E-state index in [-0.39, 0.29) is 12.1 Å². The fourth-order valence-electron chi connectivity index (χ4n) is 2.68. The Morgan fingerprint density at radius 3 is 3.00 bits per heavy atom. The molecular weight excluding hydrogens is 216 g/mol. The van der Waals surface area contributed by atoms with Crippen molar-refractivity contribution in [2.45, 2.75) is 51.8 Å². The molecule has 2 aliphatic rings. The predicted molar refractivity (Wildman–Crippen MR) is 66.5 cm³/mol. The van der Waals surface area contributed by atoms with Crippen molar-refractivity contribution >= 4 is 5.91 Å². The molecule has 2 heterocycles. The zero-order valence-corrected chi connectivity index (χ0v) is 10.9. The molecule has 2 fully saturated rings. The fraction of sp³-hybridized carbons (Fsp3) is 0.923. The zero-order valence-electron chi connectivity index (χ0n) is 10.9. The second-order valence-corrected chi connectivity index (χ2v) is 5.54. The lowest BCUT2D eigenvalue weighted by molar-refractivity contribution is -0.128. The normalized spacial score (nSPS) is 29.6. The van der Waals surface area contributed by atoms with Crippen molar-refractivity contribution in [2.24, 2.45) is 5.92 Å². The summed E-state index contributed by atoms with van der Waals surface area (Å²) in [6.07, 6.45) is 4.97. The van der Waals surface area contributed by atoms with Crippen LogP contribution in [0.3, 0.4) is 0 Å². The molecule has 4 heteroatoms. The van der Waals surface area contributed by atoms with Gasteiger partial charge in [0.2, 0.25) is 5.91 Å². The van der Waals surface area contributed by atoms with Gasteiger partial charge in [0.15, 0.2) is 0 Å². The number of rotatable bonds is 5. The third-order valence-electron chi connectivity index (χ3n) is 3.60. The van der Waals surface area contributed by atoms with E-state index in [0.29, 0.717) is 18.6 Å². The molecule has 2 rings (SSSR count). The fourth-order valence-corrected chi connectivity index (χ4v) is 2.68. The molecule has 0 aromatic carbocycles. The van der Waals surface area contributed by atoms with E-state index in [9.17, 15) is 4.79 Å². The van der Waals surface area contributed by atoms with Gasteiger partial charge in [-0.2, -0.15) is 0 Å². The van der Waals surface area contributed by atoms with Gasteiger partial charge in [-0.1, -0.05) is 13.8 Å². The Morgan fingerprint density at radius 2 is 2.35 bits per heavy atom. The average Bonchev–Trinajstić information content (AvgIpc) is 2.87. The zero-order chi connectivity index (χ0) is 12.3. The Bertz CT molecular complexity index is 262. The molecule has 2 aliphatic heterocycles. The molecular formula is C13H24N2O2. The number of nitrogens with zero attached hydrogens (tertiary/aromatic N) is 1. The summed E-state index contributed by atoms with van der Waals surface area (Å²) in [7, 11) is 0. The highest BCUT2D eigenvalue weighted by atomic mass is 16.5. The number of hydrogen-bond donors (Lipinski definition) is 1. The molecule has 2 atom stereocenters. The molecule has 0 aromatic heterocycles. The van der Waals surface area contributed by atoms with Crippen LogP contribution in [-0.2, 0) is 9.53 Å². The first-order chi connectivity index (χ1) is 8.16. The number of ether oxygens (including phenoxy) is 1. The first-order valence-corrected chi connectivity index (χ1v) is 6.81. The molecule has 1 N–H and O–H groups in total. The van der Waals surface area contributed by atoms with E-state index >= 15 is 0 Å². The molecule has 0 aromatic rings. The van der Waals surface area contributed by atoms with Gasteiger partial charge in [-0.3, -0.25) is 10.1 Å². The molecule has 4 nitrogen and oxygen atoms in total. The van der Waals surface area contributed by atoms with Crippen molar-refractivity contribution in [1.82, 2.24) is 10.2 Å². The minimum Gasteiger partial charge on any atom is -0.378 e. The number of nitrogens with one attached hydrogen (secondary N) is 1. The van der Waals surface area contributed by atoms with Crippen LogP contribution in [-0.4, -0.2) is 42.8 Å². The molecule has 0 spiro atoms. The first kappa shape index (κ1) is 12.8. The Hall–Kier alpha value is -0.610. The van der Waals surface area contributed by atoms with Crippen molar-refractivity contribution in [3.05, 3.63) is 0 Å². The van der Waals surface area contributed by atoms with Crippen molar-refractivity contribution < 1.29 is 9.53 Å². The van der Waals surface area contributed by atoms with Crippen LogP contribution in [0, 0.1) is 5.92 Å². The van der Waals surface area contributed by atoms with Gasteiger partial charge in [-0.25, -0.2) is 0 Å². The quantitative estimate of drug-likeness (QED) is 0.789. The summed E-state index contributed by atoms with van der Waals surface area (Å²) in [5.74, 6) is 0.859. The van der Waals surface area contributed by atoms with Crippen molar-refractivity contribution in [3.8, 4) is 0 Å². The third kappa shape index (κ3) is 3.42. The van der Waals surface area contributed by atoms with Crippen molar-refractivity contribution in [1.29, 1.82) is 0 Å². The number of amides is 1. The van der Waals surface area contributed by atoms with E-state index in [0.717, 1.165) is 32.4 Å². The predicted octanol–water partition coefficient (Wildman–Crippen LogP) is 1.36. The standard InChI is InChI=1S/C13H24N2O2/c1-10(2)8-12-14-9-13(16)15(12)6-5-11-4-3-7-17-11/h10-12,14H,3-9H2,1-2H3. The lowest BCUT2D eigenvalue weighted by atomic mass is 10.1. The minimum atomic E-state index is 0.240. The molecule has 0 aliphatic carbocycles. The van der Waals surface area contributed by atoms with Gasteiger partial charge in [0, 0.05) is 13.2 Å². The molecule has 17 heavy (non-hydrogen) atoms. The van der Waals surface area contributed by atoms with E-state index < -0.39 is 0 Å². The lowest BCUT2D eigenvalue weighted by Crippen LogP contribution is -2.39. The van der Waals surface area contributed by atoms with Gasteiger partial charge in [-0.05, 0) is 31.6 Å². The average molecular weight is 240 g/mol. The minimum absolute atomic E-state index is 0.240. The van der Waals surface area contributed by atoms with Crippen LogP contribution in [0.2, 0.25) is 0 Å². The smallest absolute Gasteiger partial charge is 0.237 e. The maximum atomic E-state index is 11.8. The van der Waals surface area contributed by atoms with Gasteiger partial charge in [0.05, 0.1) is 18.8 Å². The molecule has 0 bridgehead atoms. The third-order valence-corrected chi connectivity index (χ3v) is 3.60. The Labute approximate surface area is 104 Å². The largest absolute Gasteiger partial charge is 0.378 e. The second kappa shape index (κ2) is 5.83. The Kier molecular flexibility index (Phi) is 4.40. The van der Waals surface area contributed by atoms with Crippen LogP contribution in [0.4, 0.5) is 0 Å². The summed E-state index contributed by atoms with van der Waals surface area (Å²) in [6, 6.07) is 0. The van der Waals surface area contributed by atoms with E-state index in [2.05, 4.69) is 19.2 Å². The first-order valence-electron chi connectivity index (χ1n) is 6.81. The molecule has 98 valence electrons. The van der Waals surface area contributed by atoms with E-state index in [1.54, 1.807) is 0 Å². The Morgan fingerprint density at radius 1 is 1.53 bits per heavy atom. The van der Waals surface area contributed by atoms with E-state index in [1.807, 2.05) is 4.90 Å². The highest BCUT2D eigenvalue weighted by molar-refractivity contribution is 5.80. The molecule has 0 saturated carbocycles. The van der Waals surface area contributed by atoms with E-state index in [4.69, 9.17) is 4.74 Å². The van der Waals surface area contributed by atoms with E-state index in [1.165, 1.54) is 6.42 Å². The summed E-state index contributed by atoms with van der Waals surface area (Å²) in [5.41, 5.74) is 0. The highest BCUT2D eigenvalue weighted by Gasteiger charge is 2.31. The van der Waals surface area contributed by atoms with Gasteiger partial charge >= 0.3 is 0 Å². The van der Waals surface area contributed by atoms with Crippen LogP contribution in [0.1, 0.15) is 39.5 Å². The van der Waals surface area contributed by atoms with Gasteiger partial charge in [0.25, 0.3) is 0 Å². The maximum Gasteiger partial charge on any atom is 0.237 e. The van der Waals surface area contributed by atoms with Crippen LogP contribution >= 0.6 is 0 Å². The van der Waals surface area contributed by atoms with Crippen LogP contribution in [0.5, 0.6) is 0 Å². The lowest BCUT2D eigenvalue weighted by Gasteiger charge is -2.26. The summed E-state index contributed by atoms with van der Waals surface area (Å²) in [4.78, 5) is 13.8. The molecule has 0 radical (unpaired) electrons. The summed E-state index contributed by atoms with van der Waals surface area (Å²) in [5, 5.41) is 3.30. The number of hydrogen-bond acceptors (Lipinski definition) is 3. The van der Waals surface area contributed by atoms with Gasteiger partial charge in [-0.15, -0.1) is 0 Å². The second-order valence-electron chi connectivity index (χ2n) is 5.54. The monoisotopic (exact) mass is 240 g/mol. The van der Waals surface area contributed by atoms with Crippen LogP contribution in [0.25, 0.3) is 0 Å². The summed E-state index contributed by atoms with van der Waals surface area (Å²) >= 11 is 0. The van der Waals surface area contributed by atoms with Crippen LogP contribution < -0.4 is 5.32 Å². The van der Waals surface area contributed by atoms with Gasteiger partial charge < -0.3 is 9.64 Å².